The number of aryl methyl sites for hydroxylation is 1. The highest BCUT2D eigenvalue weighted by Crippen LogP contribution is 2.26. The Morgan fingerprint density at radius 1 is 1.24 bits per heavy atom. The molecule has 0 aliphatic rings. The van der Waals surface area contributed by atoms with E-state index in [2.05, 4.69) is 60.2 Å². The molecule has 2 heteroatoms. The molecule has 1 aromatic carbocycles. The van der Waals surface area contributed by atoms with Gasteiger partial charge in [0.2, 0.25) is 0 Å². The molecule has 1 aromatic rings. The minimum Gasteiger partial charge on any atom is -0.382 e. The third kappa shape index (κ3) is 5.12. The van der Waals surface area contributed by atoms with E-state index in [4.69, 9.17) is 0 Å². The van der Waals surface area contributed by atoms with Crippen molar-refractivity contribution < 1.29 is 0 Å². The largest absolute Gasteiger partial charge is 0.382 e. The van der Waals surface area contributed by atoms with Gasteiger partial charge in [0.1, 0.15) is 0 Å². The summed E-state index contributed by atoms with van der Waals surface area (Å²) in [4.78, 5) is 0. The monoisotopic (exact) mass is 297 g/mol. The predicted octanol–water partition coefficient (Wildman–Crippen LogP) is 5.53. The van der Waals surface area contributed by atoms with E-state index < -0.39 is 0 Å². The van der Waals surface area contributed by atoms with E-state index in [0.29, 0.717) is 6.04 Å². The first kappa shape index (κ1) is 14.6. The van der Waals surface area contributed by atoms with Crippen molar-refractivity contribution in [3.63, 3.8) is 0 Å². The molecule has 0 spiro atoms. The summed E-state index contributed by atoms with van der Waals surface area (Å²) in [6, 6.07) is 6.91. The fraction of sp³-hybridized carbons (Fsp3) is 0.600. The molecule has 1 nitrogen and oxygen atoms in total. The molecule has 0 aliphatic carbocycles. The van der Waals surface area contributed by atoms with Gasteiger partial charge in [0.15, 0.2) is 0 Å². The van der Waals surface area contributed by atoms with E-state index >= 15 is 0 Å². The molecule has 17 heavy (non-hydrogen) atoms. The standard InChI is InChI=1S/C15H24BrN/c1-4-5-6-7-10-13(3)17-14-11-8-9-12(2)15(14)16/h8-9,11,13,17H,4-7,10H2,1-3H3. The van der Waals surface area contributed by atoms with Crippen LogP contribution in [0.5, 0.6) is 0 Å². The van der Waals surface area contributed by atoms with Crippen molar-refractivity contribution in [1.29, 1.82) is 0 Å². The second-order valence-corrected chi connectivity index (χ2v) is 5.62. The molecule has 96 valence electrons. The Hall–Kier alpha value is -0.500. The maximum atomic E-state index is 3.64. The highest BCUT2D eigenvalue weighted by Gasteiger charge is 2.06. The zero-order valence-electron chi connectivity index (χ0n) is 11.2. The van der Waals surface area contributed by atoms with Crippen LogP contribution in [0.2, 0.25) is 0 Å². The molecule has 1 N–H and O–H groups in total. The molecule has 0 aromatic heterocycles. The Bertz CT molecular complexity index is 336. The molecule has 0 saturated carbocycles. The Morgan fingerprint density at radius 3 is 2.71 bits per heavy atom. The number of nitrogens with one attached hydrogen (secondary N) is 1. The number of rotatable bonds is 7. The quantitative estimate of drug-likeness (QED) is 0.653. The number of anilines is 1. The molecule has 1 atom stereocenters. The van der Waals surface area contributed by atoms with Crippen molar-refractivity contribution in [2.24, 2.45) is 0 Å². The zero-order chi connectivity index (χ0) is 12.7. The molecule has 0 aliphatic heterocycles. The molecule has 0 radical (unpaired) electrons. The number of benzene rings is 1. The van der Waals surface area contributed by atoms with Gasteiger partial charge in [-0.15, -0.1) is 0 Å². The van der Waals surface area contributed by atoms with Crippen molar-refractivity contribution >= 4 is 21.6 Å². The second kappa shape index (κ2) is 7.75. The lowest BCUT2D eigenvalue weighted by Gasteiger charge is -2.17. The van der Waals surface area contributed by atoms with Crippen LogP contribution >= 0.6 is 15.9 Å². The number of hydrogen-bond donors (Lipinski definition) is 1. The Balaban J connectivity index is 2.39. The maximum absolute atomic E-state index is 3.64. The average Bonchev–Trinajstić information content (AvgIpc) is 2.31. The lowest BCUT2D eigenvalue weighted by molar-refractivity contribution is 0.594. The van der Waals surface area contributed by atoms with Gasteiger partial charge in [-0.1, -0.05) is 44.7 Å². The SMILES string of the molecule is CCCCCCC(C)Nc1cccc(C)c1Br. The average molecular weight is 298 g/mol. The lowest BCUT2D eigenvalue weighted by atomic mass is 10.1. The number of hydrogen-bond acceptors (Lipinski definition) is 1. The minimum absolute atomic E-state index is 0.546. The summed E-state index contributed by atoms with van der Waals surface area (Å²) in [6.07, 6.45) is 6.61. The Kier molecular flexibility index (Phi) is 6.64. The van der Waals surface area contributed by atoms with Crippen LogP contribution in [0.4, 0.5) is 5.69 Å². The molecule has 1 rings (SSSR count). The van der Waals surface area contributed by atoms with Crippen LogP contribution in [0.15, 0.2) is 22.7 Å². The topological polar surface area (TPSA) is 12.0 Å². The van der Waals surface area contributed by atoms with Crippen LogP contribution < -0.4 is 5.32 Å². The van der Waals surface area contributed by atoms with Crippen LogP contribution in [0.3, 0.4) is 0 Å². The van der Waals surface area contributed by atoms with Crippen molar-refractivity contribution in [3.05, 3.63) is 28.2 Å². The molecule has 0 amide bonds. The number of unbranched alkanes of at least 4 members (excludes halogenated alkanes) is 3. The summed E-state index contributed by atoms with van der Waals surface area (Å²) >= 11 is 3.64. The zero-order valence-corrected chi connectivity index (χ0v) is 12.8. The van der Waals surface area contributed by atoms with Gasteiger partial charge in [-0.3, -0.25) is 0 Å². The van der Waals surface area contributed by atoms with Gasteiger partial charge in [-0.2, -0.15) is 0 Å². The Morgan fingerprint density at radius 2 is 2.00 bits per heavy atom. The molecule has 0 bridgehead atoms. The van der Waals surface area contributed by atoms with Gasteiger partial charge in [-0.25, -0.2) is 0 Å². The van der Waals surface area contributed by atoms with E-state index in [-0.39, 0.29) is 0 Å². The van der Waals surface area contributed by atoms with Crippen LogP contribution in [-0.4, -0.2) is 6.04 Å². The van der Waals surface area contributed by atoms with Gasteiger partial charge >= 0.3 is 0 Å². The van der Waals surface area contributed by atoms with E-state index in [9.17, 15) is 0 Å². The van der Waals surface area contributed by atoms with Crippen LogP contribution in [0.25, 0.3) is 0 Å². The molecule has 1 unspecified atom stereocenters. The van der Waals surface area contributed by atoms with Crippen molar-refractivity contribution in [1.82, 2.24) is 0 Å². The fourth-order valence-corrected chi connectivity index (χ4v) is 2.35. The van der Waals surface area contributed by atoms with Crippen LogP contribution in [-0.2, 0) is 0 Å². The predicted molar refractivity (Wildman–Crippen MR) is 80.7 cm³/mol. The summed E-state index contributed by atoms with van der Waals surface area (Å²) in [5, 5.41) is 3.58. The van der Waals surface area contributed by atoms with Crippen LogP contribution in [0.1, 0.15) is 51.5 Å². The molecular formula is C15H24BrN. The highest BCUT2D eigenvalue weighted by atomic mass is 79.9. The van der Waals surface area contributed by atoms with Crippen molar-refractivity contribution in [2.75, 3.05) is 5.32 Å². The van der Waals surface area contributed by atoms with Crippen molar-refractivity contribution in [3.8, 4) is 0 Å². The molecule has 0 heterocycles. The fourth-order valence-electron chi connectivity index (χ4n) is 1.97. The van der Waals surface area contributed by atoms with E-state index in [1.54, 1.807) is 0 Å². The molecule has 0 fully saturated rings. The summed E-state index contributed by atoms with van der Waals surface area (Å²) in [5.74, 6) is 0. The van der Waals surface area contributed by atoms with E-state index in [1.165, 1.54) is 47.8 Å². The van der Waals surface area contributed by atoms with Crippen molar-refractivity contribution in [2.45, 2.75) is 58.9 Å². The third-order valence-corrected chi connectivity index (χ3v) is 4.14. The summed E-state index contributed by atoms with van der Waals surface area (Å²) < 4.78 is 1.19. The molecular weight excluding hydrogens is 274 g/mol. The van der Waals surface area contributed by atoms with Gasteiger partial charge in [0, 0.05) is 16.2 Å². The summed E-state index contributed by atoms with van der Waals surface area (Å²) in [7, 11) is 0. The first-order valence-electron chi connectivity index (χ1n) is 6.66. The summed E-state index contributed by atoms with van der Waals surface area (Å²) in [5.41, 5.74) is 2.50. The third-order valence-electron chi connectivity index (χ3n) is 3.08. The van der Waals surface area contributed by atoms with Gasteiger partial charge in [-0.05, 0) is 47.8 Å². The smallest absolute Gasteiger partial charge is 0.0489 e. The second-order valence-electron chi connectivity index (χ2n) is 4.83. The summed E-state index contributed by atoms with van der Waals surface area (Å²) in [6.45, 7) is 6.65. The Labute approximate surface area is 114 Å². The van der Waals surface area contributed by atoms with Crippen LogP contribution in [0, 0.1) is 6.92 Å². The first-order valence-corrected chi connectivity index (χ1v) is 7.46. The minimum atomic E-state index is 0.546. The van der Waals surface area contributed by atoms with Gasteiger partial charge < -0.3 is 5.32 Å². The van der Waals surface area contributed by atoms with Gasteiger partial charge in [0.05, 0.1) is 0 Å². The molecule has 0 saturated heterocycles. The van der Waals surface area contributed by atoms with E-state index in [1.807, 2.05) is 0 Å². The highest BCUT2D eigenvalue weighted by molar-refractivity contribution is 9.10. The normalized spacial score (nSPS) is 12.5. The van der Waals surface area contributed by atoms with E-state index in [0.717, 1.165) is 0 Å². The number of halogens is 1. The first-order chi connectivity index (χ1) is 8.15. The maximum Gasteiger partial charge on any atom is 0.0489 e. The van der Waals surface area contributed by atoms with Gasteiger partial charge in [0.25, 0.3) is 0 Å². The lowest BCUT2D eigenvalue weighted by Crippen LogP contribution is -2.15.